The first-order chi connectivity index (χ1) is 8.28. The summed E-state index contributed by atoms with van der Waals surface area (Å²) in [5, 5.41) is 0. The van der Waals surface area contributed by atoms with Gasteiger partial charge in [0.25, 0.3) is 0 Å². The van der Waals surface area contributed by atoms with Crippen LogP contribution in [-0.4, -0.2) is 0 Å². The van der Waals surface area contributed by atoms with Gasteiger partial charge in [-0.05, 0) is 36.5 Å². The maximum Gasteiger partial charge on any atom is -0.0183 e. The molecule has 0 aliphatic rings. The third-order valence-corrected chi connectivity index (χ3v) is 5.36. The third kappa shape index (κ3) is 5.16. The molecule has 4 unspecified atom stereocenters. The van der Waals surface area contributed by atoms with Crippen molar-refractivity contribution in [1.29, 1.82) is 0 Å². The highest BCUT2D eigenvalue weighted by Gasteiger charge is 2.32. The second kappa shape index (κ2) is 8.02. The fourth-order valence-electron chi connectivity index (χ4n) is 2.97. The summed E-state index contributed by atoms with van der Waals surface area (Å²) in [6.07, 6.45) is 6.68. The molecular weight excluding hydrogens is 216 g/mol. The molecule has 0 aromatic rings. The predicted molar refractivity (Wildman–Crippen MR) is 84.8 cm³/mol. The summed E-state index contributed by atoms with van der Waals surface area (Å²) < 4.78 is 0. The molecule has 0 nitrogen and oxygen atoms in total. The lowest BCUT2D eigenvalue weighted by Crippen LogP contribution is -2.29. The van der Waals surface area contributed by atoms with E-state index in [0.29, 0.717) is 11.3 Å². The topological polar surface area (TPSA) is 0 Å². The highest BCUT2D eigenvalue weighted by molar-refractivity contribution is 5.01. The number of rotatable bonds is 9. The molecule has 0 amide bonds. The summed E-state index contributed by atoms with van der Waals surface area (Å²) in [5.74, 6) is 2.31. The summed E-state index contributed by atoms with van der Waals surface area (Å²) in [4.78, 5) is 0. The minimum atomic E-state index is 0.422. The molecule has 0 radical (unpaired) electrons. The van der Waals surface area contributed by atoms with E-state index < -0.39 is 0 Å². The average molecular weight is 252 g/mol. The van der Waals surface area contributed by atoms with Crippen LogP contribution in [0.4, 0.5) is 0 Å². The van der Waals surface area contributed by atoms with Crippen LogP contribution in [0.5, 0.6) is 0 Å². The molecule has 0 N–H and O–H groups in total. The van der Waals surface area contributed by atoms with E-state index in [0.717, 1.165) is 11.8 Å². The summed E-state index contributed by atoms with van der Waals surface area (Å²) in [6, 6.07) is 0. The Labute approximate surface area is 116 Å². The van der Waals surface area contributed by atoms with Crippen molar-refractivity contribution in [3.63, 3.8) is 0 Å². The smallest absolute Gasteiger partial charge is 0.0183 e. The van der Waals surface area contributed by atoms with E-state index in [2.05, 4.69) is 55.0 Å². The molecule has 4 atom stereocenters. The van der Waals surface area contributed by atoms with Crippen LogP contribution in [0, 0.1) is 23.2 Å². The van der Waals surface area contributed by atoms with Crippen molar-refractivity contribution >= 4 is 0 Å². The molecule has 0 rings (SSSR count). The van der Waals surface area contributed by atoms with Gasteiger partial charge >= 0.3 is 0 Å². The van der Waals surface area contributed by atoms with Crippen molar-refractivity contribution in [3.8, 4) is 0 Å². The van der Waals surface area contributed by atoms with E-state index >= 15 is 0 Å². The molecule has 108 valence electrons. The van der Waals surface area contributed by atoms with Crippen molar-refractivity contribution < 1.29 is 0 Å². The highest BCUT2D eigenvalue weighted by Crippen LogP contribution is 2.42. The van der Waals surface area contributed by atoms with Crippen LogP contribution < -0.4 is 0 Å². The quantitative estimate of drug-likeness (QED) is 0.413. The molecule has 0 bridgehead atoms. The van der Waals surface area contributed by atoms with Crippen molar-refractivity contribution in [3.05, 3.63) is 12.2 Å². The van der Waals surface area contributed by atoms with Gasteiger partial charge in [0.15, 0.2) is 0 Å². The fourth-order valence-corrected chi connectivity index (χ4v) is 2.97. The number of hydrogen-bond acceptors (Lipinski definition) is 0. The molecule has 0 fully saturated rings. The van der Waals surface area contributed by atoms with Crippen molar-refractivity contribution in [2.75, 3.05) is 0 Å². The number of unbranched alkanes of at least 4 members (excludes halogenated alkanes) is 1. The van der Waals surface area contributed by atoms with Gasteiger partial charge in [0.1, 0.15) is 0 Å². The van der Waals surface area contributed by atoms with E-state index in [4.69, 9.17) is 0 Å². The molecule has 0 aromatic heterocycles. The second-order valence-corrected chi connectivity index (χ2v) is 6.88. The molecule has 0 spiro atoms. The molecule has 18 heavy (non-hydrogen) atoms. The Morgan fingerprint density at radius 1 is 1.11 bits per heavy atom. The van der Waals surface area contributed by atoms with Gasteiger partial charge < -0.3 is 0 Å². The van der Waals surface area contributed by atoms with Gasteiger partial charge in [-0.2, -0.15) is 0 Å². The van der Waals surface area contributed by atoms with Gasteiger partial charge in [0.2, 0.25) is 0 Å². The standard InChI is InChI=1S/C18H36/c1-9-11-12-15(5)16(6)13-18(8,10-2)17(7)14(3)4/h15-17H,3,9-13H2,1-2,4-8H3. The van der Waals surface area contributed by atoms with Crippen molar-refractivity contribution in [2.45, 2.75) is 80.6 Å². The Balaban J connectivity index is 4.55. The summed E-state index contributed by atoms with van der Waals surface area (Å²) in [5.41, 5.74) is 1.76. The largest absolute Gasteiger partial charge is 0.0999 e. The average Bonchev–Trinajstić information content (AvgIpc) is 2.34. The van der Waals surface area contributed by atoms with Gasteiger partial charge in [0.05, 0.1) is 0 Å². The molecule has 0 aliphatic heterocycles. The van der Waals surface area contributed by atoms with Crippen LogP contribution in [-0.2, 0) is 0 Å². The van der Waals surface area contributed by atoms with Crippen molar-refractivity contribution in [1.82, 2.24) is 0 Å². The zero-order valence-corrected chi connectivity index (χ0v) is 14.0. The van der Waals surface area contributed by atoms with Crippen LogP contribution in [0.3, 0.4) is 0 Å². The second-order valence-electron chi connectivity index (χ2n) is 6.88. The summed E-state index contributed by atoms with van der Waals surface area (Å²) >= 11 is 0. The van der Waals surface area contributed by atoms with Crippen LogP contribution in [0.1, 0.15) is 80.6 Å². The zero-order valence-electron chi connectivity index (χ0n) is 14.0. The van der Waals surface area contributed by atoms with Gasteiger partial charge in [-0.15, -0.1) is 0 Å². The molecule has 0 aliphatic carbocycles. The number of allylic oxidation sites excluding steroid dienone is 1. The minimum Gasteiger partial charge on any atom is -0.0999 e. The lowest BCUT2D eigenvalue weighted by molar-refractivity contribution is 0.145. The van der Waals surface area contributed by atoms with Crippen LogP contribution >= 0.6 is 0 Å². The Hall–Kier alpha value is -0.260. The molecule has 0 aromatic carbocycles. The van der Waals surface area contributed by atoms with E-state index in [1.54, 1.807) is 0 Å². The first kappa shape index (κ1) is 17.7. The maximum atomic E-state index is 4.17. The lowest BCUT2D eigenvalue weighted by Gasteiger charge is -2.39. The Morgan fingerprint density at radius 2 is 1.67 bits per heavy atom. The first-order valence-corrected chi connectivity index (χ1v) is 7.93. The van der Waals surface area contributed by atoms with Crippen LogP contribution in [0.2, 0.25) is 0 Å². The van der Waals surface area contributed by atoms with Gasteiger partial charge in [-0.25, -0.2) is 0 Å². The SMILES string of the molecule is C=C(C)C(C)C(C)(CC)CC(C)C(C)CCCC. The van der Waals surface area contributed by atoms with Crippen LogP contribution in [0.25, 0.3) is 0 Å². The maximum absolute atomic E-state index is 4.17. The molecule has 0 heterocycles. The van der Waals surface area contributed by atoms with E-state index in [1.165, 1.54) is 37.7 Å². The molecular formula is C18H36. The first-order valence-electron chi connectivity index (χ1n) is 7.93. The Bertz CT molecular complexity index is 240. The highest BCUT2D eigenvalue weighted by atomic mass is 14.4. The number of hydrogen-bond donors (Lipinski definition) is 0. The molecule has 0 saturated heterocycles. The molecule has 0 heteroatoms. The van der Waals surface area contributed by atoms with Gasteiger partial charge in [-0.1, -0.05) is 79.4 Å². The third-order valence-electron chi connectivity index (χ3n) is 5.36. The normalized spacial score (nSPS) is 19.9. The van der Waals surface area contributed by atoms with E-state index in [-0.39, 0.29) is 0 Å². The molecule has 0 saturated carbocycles. The van der Waals surface area contributed by atoms with Crippen LogP contribution in [0.15, 0.2) is 12.2 Å². The van der Waals surface area contributed by atoms with E-state index in [9.17, 15) is 0 Å². The Morgan fingerprint density at radius 3 is 2.06 bits per heavy atom. The van der Waals surface area contributed by atoms with Gasteiger partial charge in [0, 0.05) is 0 Å². The zero-order chi connectivity index (χ0) is 14.3. The Kier molecular flexibility index (Phi) is 7.90. The van der Waals surface area contributed by atoms with Crippen molar-refractivity contribution in [2.24, 2.45) is 23.2 Å². The summed E-state index contributed by atoms with van der Waals surface area (Å²) in [7, 11) is 0. The predicted octanol–water partition coefficient (Wildman–Crippen LogP) is 6.47. The fraction of sp³-hybridized carbons (Fsp3) is 0.889. The minimum absolute atomic E-state index is 0.422. The van der Waals surface area contributed by atoms with E-state index in [1.807, 2.05) is 0 Å². The lowest BCUT2D eigenvalue weighted by atomic mass is 9.66. The summed E-state index contributed by atoms with van der Waals surface area (Å²) in [6.45, 7) is 20.7. The van der Waals surface area contributed by atoms with Gasteiger partial charge in [-0.3, -0.25) is 0 Å². The monoisotopic (exact) mass is 252 g/mol.